The van der Waals surface area contributed by atoms with Gasteiger partial charge in [-0.3, -0.25) is 4.79 Å². The largest absolute Gasteiger partial charge is 0.378 e. The molecule has 2 aromatic heterocycles. The summed E-state index contributed by atoms with van der Waals surface area (Å²) in [6, 6.07) is 1.54. The smallest absolute Gasteiger partial charge is 0.316 e. The van der Waals surface area contributed by atoms with Gasteiger partial charge in [0.1, 0.15) is 4.21 Å². The summed E-state index contributed by atoms with van der Waals surface area (Å²) in [5, 5.41) is 5.51. The number of thiophene rings is 1. The molecular formula is C16H20N4O5S2. The lowest BCUT2D eigenvalue weighted by molar-refractivity contribution is 0.0272. The summed E-state index contributed by atoms with van der Waals surface area (Å²) >= 11 is 1.13. The Morgan fingerprint density at radius 2 is 1.85 bits per heavy atom. The zero-order valence-electron chi connectivity index (χ0n) is 14.7. The van der Waals surface area contributed by atoms with Gasteiger partial charge in [-0.15, -0.1) is 11.3 Å². The monoisotopic (exact) mass is 412 g/mol. The van der Waals surface area contributed by atoms with Crippen LogP contribution in [0.5, 0.6) is 0 Å². The fourth-order valence-electron chi connectivity index (χ4n) is 3.13. The first kappa shape index (κ1) is 18.5. The quantitative estimate of drug-likeness (QED) is 0.748. The number of amides is 1. The van der Waals surface area contributed by atoms with Crippen molar-refractivity contribution in [1.29, 1.82) is 0 Å². The summed E-state index contributed by atoms with van der Waals surface area (Å²) in [5.74, 6) is -0.227. The average Bonchev–Trinajstić information content (AvgIpc) is 3.38. The van der Waals surface area contributed by atoms with Gasteiger partial charge < -0.3 is 14.2 Å². The standard InChI is InChI=1S/C16H20N4O5S2/c21-16(19-6-8-24-9-7-19)15-17-14(18-25-15)12-10-13(26-11-12)27(22,23)20-4-2-1-3-5-20/h10-11H,1-9H2. The lowest BCUT2D eigenvalue weighted by Crippen LogP contribution is -2.40. The number of ether oxygens (including phenoxy) is 1. The number of nitrogens with zero attached hydrogens (tertiary/aromatic N) is 4. The Morgan fingerprint density at radius 3 is 2.59 bits per heavy atom. The molecule has 0 spiro atoms. The second kappa shape index (κ2) is 7.66. The van der Waals surface area contributed by atoms with E-state index in [9.17, 15) is 13.2 Å². The van der Waals surface area contributed by atoms with Gasteiger partial charge in [0.25, 0.3) is 10.0 Å². The predicted molar refractivity (Wildman–Crippen MR) is 96.9 cm³/mol. The highest BCUT2D eigenvalue weighted by Crippen LogP contribution is 2.30. The van der Waals surface area contributed by atoms with Crippen molar-refractivity contribution in [3.05, 3.63) is 17.3 Å². The van der Waals surface area contributed by atoms with Crippen molar-refractivity contribution < 1.29 is 22.5 Å². The maximum Gasteiger partial charge on any atom is 0.316 e. The highest BCUT2D eigenvalue weighted by molar-refractivity contribution is 7.91. The third kappa shape index (κ3) is 3.77. The zero-order valence-corrected chi connectivity index (χ0v) is 16.3. The van der Waals surface area contributed by atoms with E-state index in [2.05, 4.69) is 10.1 Å². The molecule has 0 aliphatic carbocycles. The van der Waals surface area contributed by atoms with Crippen molar-refractivity contribution in [2.24, 2.45) is 0 Å². The van der Waals surface area contributed by atoms with Crippen molar-refractivity contribution >= 4 is 27.3 Å². The first-order chi connectivity index (χ1) is 13.1. The predicted octanol–water partition coefficient (Wildman–Crippen LogP) is 1.45. The van der Waals surface area contributed by atoms with Gasteiger partial charge in [0.05, 0.1) is 13.2 Å². The fraction of sp³-hybridized carbons (Fsp3) is 0.562. The van der Waals surface area contributed by atoms with Crippen molar-refractivity contribution in [2.75, 3.05) is 39.4 Å². The van der Waals surface area contributed by atoms with Gasteiger partial charge in [-0.2, -0.15) is 9.29 Å². The van der Waals surface area contributed by atoms with E-state index in [1.165, 1.54) is 4.31 Å². The lowest BCUT2D eigenvalue weighted by Gasteiger charge is -2.25. The molecule has 11 heteroatoms. The lowest BCUT2D eigenvalue weighted by atomic mass is 10.2. The number of morpholine rings is 1. The van der Waals surface area contributed by atoms with E-state index in [-0.39, 0.29) is 21.8 Å². The van der Waals surface area contributed by atoms with Gasteiger partial charge in [0, 0.05) is 37.1 Å². The molecule has 2 saturated heterocycles. The molecule has 2 aromatic rings. The molecule has 0 unspecified atom stereocenters. The van der Waals surface area contributed by atoms with Gasteiger partial charge in [-0.25, -0.2) is 8.42 Å². The van der Waals surface area contributed by atoms with E-state index < -0.39 is 10.0 Å². The molecule has 0 aromatic carbocycles. The summed E-state index contributed by atoms with van der Waals surface area (Å²) < 4.78 is 37.6. The number of hydrogen-bond acceptors (Lipinski definition) is 8. The third-order valence-electron chi connectivity index (χ3n) is 4.65. The van der Waals surface area contributed by atoms with E-state index in [0.717, 1.165) is 30.6 Å². The van der Waals surface area contributed by atoms with Crippen molar-refractivity contribution in [2.45, 2.75) is 23.5 Å². The van der Waals surface area contributed by atoms with Crippen LogP contribution in [-0.2, 0) is 14.8 Å². The van der Waals surface area contributed by atoms with Crippen LogP contribution in [0.3, 0.4) is 0 Å². The van der Waals surface area contributed by atoms with E-state index in [1.54, 1.807) is 16.3 Å². The number of aromatic nitrogens is 2. The molecule has 0 atom stereocenters. The van der Waals surface area contributed by atoms with Crippen LogP contribution in [0.1, 0.15) is 29.9 Å². The molecule has 0 saturated carbocycles. The number of hydrogen-bond donors (Lipinski definition) is 0. The molecule has 4 rings (SSSR count). The molecule has 2 aliphatic rings. The normalized spacial score (nSPS) is 19.3. The number of piperidine rings is 1. The number of carbonyl (C=O) groups is 1. The van der Waals surface area contributed by atoms with E-state index >= 15 is 0 Å². The summed E-state index contributed by atoms with van der Waals surface area (Å²) in [5.41, 5.74) is 0.528. The summed E-state index contributed by atoms with van der Waals surface area (Å²) in [6.45, 7) is 3.02. The Kier molecular flexibility index (Phi) is 5.26. The molecule has 2 aliphatic heterocycles. The van der Waals surface area contributed by atoms with Crippen LogP contribution in [0.25, 0.3) is 11.4 Å². The van der Waals surface area contributed by atoms with Crippen LogP contribution >= 0.6 is 11.3 Å². The first-order valence-electron chi connectivity index (χ1n) is 8.85. The van der Waals surface area contributed by atoms with E-state index in [0.29, 0.717) is 45.0 Å². The minimum atomic E-state index is -3.50. The van der Waals surface area contributed by atoms with Gasteiger partial charge >= 0.3 is 11.8 Å². The minimum absolute atomic E-state index is 0.0986. The Labute approximate surface area is 161 Å². The number of carbonyl (C=O) groups excluding carboxylic acids is 1. The Hall–Kier alpha value is -1.82. The number of rotatable bonds is 4. The highest BCUT2D eigenvalue weighted by Gasteiger charge is 2.29. The van der Waals surface area contributed by atoms with Gasteiger partial charge in [0.2, 0.25) is 5.82 Å². The molecule has 27 heavy (non-hydrogen) atoms. The molecule has 0 radical (unpaired) electrons. The Morgan fingerprint density at radius 1 is 1.11 bits per heavy atom. The highest BCUT2D eigenvalue weighted by atomic mass is 32.2. The SMILES string of the molecule is O=C(c1nc(-c2csc(S(=O)(=O)N3CCCCC3)c2)no1)N1CCOCC1. The second-order valence-electron chi connectivity index (χ2n) is 6.45. The van der Waals surface area contributed by atoms with Crippen LogP contribution < -0.4 is 0 Å². The van der Waals surface area contributed by atoms with Crippen LogP contribution in [0, 0.1) is 0 Å². The molecule has 4 heterocycles. The van der Waals surface area contributed by atoms with Crippen LogP contribution in [0.15, 0.2) is 20.2 Å². The molecule has 2 fully saturated rings. The molecule has 146 valence electrons. The zero-order chi connectivity index (χ0) is 18.9. The summed E-state index contributed by atoms with van der Waals surface area (Å²) in [4.78, 5) is 18.1. The van der Waals surface area contributed by atoms with E-state index in [4.69, 9.17) is 9.26 Å². The van der Waals surface area contributed by atoms with Crippen molar-refractivity contribution in [3.63, 3.8) is 0 Å². The van der Waals surface area contributed by atoms with Crippen LogP contribution in [0.2, 0.25) is 0 Å². The summed E-state index contributed by atoms with van der Waals surface area (Å²) in [7, 11) is -3.50. The van der Waals surface area contributed by atoms with E-state index in [1.807, 2.05) is 0 Å². The first-order valence-corrected chi connectivity index (χ1v) is 11.2. The molecule has 9 nitrogen and oxygen atoms in total. The number of sulfonamides is 1. The maximum atomic E-state index is 12.8. The third-order valence-corrected chi connectivity index (χ3v) is 7.96. The van der Waals surface area contributed by atoms with Crippen molar-refractivity contribution in [3.8, 4) is 11.4 Å². The Bertz CT molecular complexity index is 911. The van der Waals surface area contributed by atoms with Crippen LogP contribution in [0.4, 0.5) is 0 Å². The molecule has 0 bridgehead atoms. The Balaban J connectivity index is 1.52. The van der Waals surface area contributed by atoms with Crippen molar-refractivity contribution in [1.82, 2.24) is 19.3 Å². The molecule has 0 N–H and O–H groups in total. The van der Waals surface area contributed by atoms with Gasteiger partial charge in [-0.1, -0.05) is 11.6 Å². The van der Waals surface area contributed by atoms with Gasteiger partial charge in [0.15, 0.2) is 0 Å². The van der Waals surface area contributed by atoms with Gasteiger partial charge in [-0.05, 0) is 18.9 Å². The average molecular weight is 412 g/mol. The van der Waals surface area contributed by atoms with Crippen LogP contribution in [-0.4, -0.2) is 73.1 Å². The molecule has 1 amide bonds. The minimum Gasteiger partial charge on any atom is -0.378 e. The topological polar surface area (TPSA) is 106 Å². The summed E-state index contributed by atoms with van der Waals surface area (Å²) in [6.07, 6.45) is 2.83. The fourth-order valence-corrected chi connectivity index (χ4v) is 5.96. The maximum absolute atomic E-state index is 12.8. The second-order valence-corrected chi connectivity index (χ2v) is 9.52. The molecular weight excluding hydrogens is 392 g/mol.